The van der Waals surface area contributed by atoms with E-state index in [1.807, 2.05) is 24.3 Å². The average Bonchev–Trinajstić information content (AvgIpc) is 2.49. The van der Waals surface area contributed by atoms with Gasteiger partial charge in [-0.15, -0.1) is 0 Å². The normalized spacial score (nSPS) is 10.1. The van der Waals surface area contributed by atoms with Gasteiger partial charge in [-0.3, -0.25) is 4.79 Å². The van der Waals surface area contributed by atoms with E-state index in [1.165, 1.54) is 5.56 Å². The van der Waals surface area contributed by atoms with Gasteiger partial charge in [-0.2, -0.15) is 0 Å². The van der Waals surface area contributed by atoms with Crippen molar-refractivity contribution in [2.24, 2.45) is 5.73 Å². The molecule has 0 radical (unpaired) electrons. The van der Waals surface area contributed by atoms with Crippen molar-refractivity contribution in [1.29, 1.82) is 0 Å². The summed E-state index contributed by atoms with van der Waals surface area (Å²) in [7, 11) is 0. The van der Waals surface area contributed by atoms with Crippen molar-refractivity contribution in [3.05, 3.63) is 65.2 Å². The lowest BCUT2D eigenvalue weighted by molar-refractivity contribution is 0.1000. The number of benzene rings is 2. The van der Waals surface area contributed by atoms with E-state index in [0.29, 0.717) is 16.1 Å². The fraction of sp³-hybridized carbons (Fsp3) is 0.176. The molecule has 0 heterocycles. The van der Waals surface area contributed by atoms with Crippen LogP contribution in [0.25, 0.3) is 0 Å². The molecular weight excluding hydrogens is 280 g/mol. The van der Waals surface area contributed by atoms with Crippen LogP contribution >= 0.6 is 12.2 Å². The topological polar surface area (TPSA) is 55.1 Å². The van der Waals surface area contributed by atoms with Crippen molar-refractivity contribution in [1.82, 2.24) is 0 Å². The Bertz CT molecular complexity index is 667. The van der Waals surface area contributed by atoms with Gasteiger partial charge < -0.3 is 11.1 Å². The minimum absolute atomic E-state index is 0.433. The molecule has 0 fully saturated rings. The molecule has 3 N–H and O–H groups in total. The Morgan fingerprint density at radius 1 is 1.10 bits per heavy atom. The number of carbonyl (C=O) groups is 1. The fourth-order valence-electron chi connectivity index (χ4n) is 2.22. The predicted octanol–water partition coefficient (Wildman–Crippen LogP) is 3.53. The van der Waals surface area contributed by atoms with E-state index in [9.17, 15) is 4.79 Å². The molecule has 2 rings (SSSR count). The van der Waals surface area contributed by atoms with Crippen molar-refractivity contribution in [2.45, 2.75) is 19.8 Å². The molecule has 4 heteroatoms. The second-order valence-electron chi connectivity index (χ2n) is 4.77. The van der Waals surface area contributed by atoms with E-state index in [4.69, 9.17) is 18.0 Å². The van der Waals surface area contributed by atoms with Gasteiger partial charge in [0.25, 0.3) is 0 Å². The van der Waals surface area contributed by atoms with Crippen LogP contribution in [0.3, 0.4) is 0 Å². The predicted molar refractivity (Wildman–Crippen MR) is 90.7 cm³/mol. The van der Waals surface area contributed by atoms with Gasteiger partial charge in [-0.05, 0) is 24.1 Å². The second kappa shape index (κ2) is 6.99. The van der Waals surface area contributed by atoms with E-state index in [0.717, 1.165) is 18.5 Å². The number of hydrogen-bond donors (Lipinski definition) is 2. The summed E-state index contributed by atoms with van der Waals surface area (Å²) >= 11 is 5.43. The molecule has 0 spiro atoms. The van der Waals surface area contributed by atoms with Crippen LogP contribution in [-0.2, 0) is 6.42 Å². The van der Waals surface area contributed by atoms with Crippen molar-refractivity contribution in [3.8, 4) is 0 Å². The second-order valence-corrected chi connectivity index (χ2v) is 5.18. The summed E-state index contributed by atoms with van der Waals surface area (Å²) in [4.78, 5) is 12.0. The summed E-state index contributed by atoms with van der Waals surface area (Å²) in [5.74, 6) is -0.475. The molecule has 0 saturated carbocycles. The highest BCUT2D eigenvalue weighted by Gasteiger charge is 2.12. The quantitative estimate of drug-likeness (QED) is 0.830. The van der Waals surface area contributed by atoms with E-state index >= 15 is 0 Å². The number of nitrogens with one attached hydrogen (secondary N) is 1. The number of nitrogens with two attached hydrogens (primary N) is 1. The van der Waals surface area contributed by atoms with Gasteiger partial charge >= 0.3 is 0 Å². The van der Waals surface area contributed by atoms with E-state index in [-0.39, 0.29) is 0 Å². The van der Waals surface area contributed by atoms with Gasteiger partial charge in [0.1, 0.15) is 4.99 Å². The molecule has 0 aromatic heterocycles. The number of thiocarbonyl (C=S) groups is 1. The Hall–Kier alpha value is -2.20. The number of hydrogen-bond acceptors (Lipinski definition) is 2. The molecule has 0 aliphatic carbocycles. The Balaban J connectivity index is 2.29. The zero-order valence-electron chi connectivity index (χ0n) is 11.9. The number of primary amides is 1. The Labute approximate surface area is 130 Å². The smallest absolute Gasteiger partial charge is 0.249 e. The van der Waals surface area contributed by atoms with Gasteiger partial charge in [0, 0.05) is 16.8 Å². The third-order valence-corrected chi connectivity index (χ3v) is 3.54. The maximum atomic E-state index is 11.5. The van der Waals surface area contributed by atoms with Crippen LogP contribution in [0.2, 0.25) is 0 Å². The van der Waals surface area contributed by atoms with Gasteiger partial charge in [-0.25, -0.2) is 0 Å². The summed E-state index contributed by atoms with van der Waals surface area (Å²) in [6.45, 7) is 2.14. The molecule has 2 aromatic rings. The maximum absolute atomic E-state index is 11.5. The van der Waals surface area contributed by atoms with Crippen LogP contribution in [0.1, 0.15) is 34.8 Å². The van der Waals surface area contributed by atoms with Gasteiger partial charge in [0.05, 0.1) is 0 Å². The molecule has 0 unspecified atom stereocenters. The van der Waals surface area contributed by atoms with Gasteiger partial charge in [-0.1, -0.05) is 62.0 Å². The third kappa shape index (κ3) is 3.67. The lowest BCUT2D eigenvalue weighted by atomic mass is 10.1. The highest BCUT2D eigenvalue weighted by molar-refractivity contribution is 7.81. The van der Waals surface area contributed by atoms with Crippen LogP contribution in [0.4, 0.5) is 5.69 Å². The number of rotatable bonds is 5. The first-order chi connectivity index (χ1) is 10.1. The highest BCUT2D eigenvalue weighted by Crippen LogP contribution is 2.19. The van der Waals surface area contributed by atoms with Crippen molar-refractivity contribution in [3.63, 3.8) is 0 Å². The summed E-state index contributed by atoms with van der Waals surface area (Å²) < 4.78 is 0. The maximum Gasteiger partial charge on any atom is 0.249 e. The zero-order valence-corrected chi connectivity index (χ0v) is 12.7. The minimum Gasteiger partial charge on any atom is -0.366 e. The van der Waals surface area contributed by atoms with Crippen LogP contribution in [-0.4, -0.2) is 10.9 Å². The SMILES string of the molecule is CCCc1ccccc1NC(=S)c1ccccc1C(N)=O. The summed E-state index contributed by atoms with van der Waals surface area (Å²) in [6.07, 6.45) is 2.03. The minimum atomic E-state index is -0.475. The number of carbonyl (C=O) groups excluding carboxylic acids is 1. The number of para-hydroxylation sites is 1. The third-order valence-electron chi connectivity index (χ3n) is 3.22. The molecule has 3 nitrogen and oxygen atoms in total. The van der Waals surface area contributed by atoms with Gasteiger partial charge in [0.15, 0.2) is 0 Å². The molecule has 2 aromatic carbocycles. The van der Waals surface area contributed by atoms with Crippen LogP contribution in [0, 0.1) is 0 Å². The van der Waals surface area contributed by atoms with Crippen molar-refractivity contribution >= 4 is 28.8 Å². The molecule has 0 bridgehead atoms. The molecule has 1 amide bonds. The van der Waals surface area contributed by atoms with Gasteiger partial charge in [0.2, 0.25) is 5.91 Å². The number of anilines is 1. The first-order valence-electron chi connectivity index (χ1n) is 6.91. The monoisotopic (exact) mass is 298 g/mol. The Morgan fingerprint density at radius 3 is 2.38 bits per heavy atom. The van der Waals surface area contributed by atoms with Crippen LogP contribution < -0.4 is 11.1 Å². The van der Waals surface area contributed by atoms with Crippen molar-refractivity contribution < 1.29 is 4.79 Å². The number of amides is 1. The first kappa shape index (κ1) is 15.2. The molecular formula is C17H18N2OS. The molecule has 21 heavy (non-hydrogen) atoms. The summed E-state index contributed by atoms with van der Waals surface area (Å²) in [5, 5.41) is 3.23. The average molecular weight is 298 g/mol. The summed E-state index contributed by atoms with van der Waals surface area (Å²) in [5.41, 5.74) is 8.67. The van der Waals surface area contributed by atoms with Crippen molar-refractivity contribution in [2.75, 3.05) is 5.32 Å². The highest BCUT2D eigenvalue weighted by atomic mass is 32.1. The zero-order chi connectivity index (χ0) is 15.2. The van der Waals surface area contributed by atoms with E-state index in [2.05, 4.69) is 18.3 Å². The van der Waals surface area contributed by atoms with E-state index < -0.39 is 5.91 Å². The molecule has 0 aliphatic heterocycles. The summed E-state index contributed by atoms with van der Waals surface area (Å²) in [6, 6.07) is 15.1. The fourth-order valence-corrected chi connectivity index (χ4v) is 2.50. The molecule has 0 saturated heterocycles. The van der Waals surface area contributed by atoms with E-state index in [1.54, 1.807) is 18.2 Å². The standard InChI is InChI=1S/C17H18N2OS/c1-2-7-12-8-3-6-11-15(12)19-17(21)14-10-5-4-9-13(14)16(18)20/h3-6,8-11H,2,7H2,1H3,(H2,18,20)(H,19,21). The molecule has 0 aliphatic rings. The molecule has 108 valence electrons. The number of aryl methyl sites for hydroxylation is 1. The lowest BCUT2D eigenvalue weighted by Crippen LogP contribution is -2.20. The van der Waals surface area contributed by atoms with Crippen LogP contribution in [0.15, 0.2) is 48.5 Å². The Morgan fingerprint density at radius 2 is 1.71 bits per heavy atom. The molecule has 0 atom stereocenters. The van der Waals surface area contributed by atoms with Crippen LogP contribution in [0.5, 0.6) is 0 Å². The Kier molecular flexibility index (Phi) is 5.06. The largest absolute Gasteiger partial charge is 0.366 e. The lowest BCUT2D eigenvalue weighted by Gasteiger charge is -2.14. The first-order valence-corrected chi connectivity index (χ1v) is 7.32.